The van der Waals surface area contributed by atoms with E-state index in [0.29, 0.717) is 25.6 Å². The summed E-state index contributed by atoms with van der Waals surface area (Å²) in [6, 6.07) is 14.1. The Hall–Kier alpha value is -2.93. The summed E-state index contributed by atoms with van der Waals surface area (Å²) in [5.74, 6) is 0.531. The van der Waals surface area contributed by atoms with Gasteiger partial charge in [0.25, 0.3) is 0 Å². The standard InChI is InChI=1S/C26H34N4O3/c1-19(31)27-12-9-20-10-14-29(15-11-20)25(32)17-24-26(33)28-13-16-30(24)18-22-7-4-6-21-5-2-3-8-23(21)22/h2-8,20,24H,9-18H2,1H3,(H,27,31)(H,28,33)/t24-/m1/s1. The summed E-state index contributed by atoms with van der Waals surface area (Å²) < 4.78 is 0. The quantitative estimate of drug-likeness (QED) is 0.678. The van der Waals surface area contributed by atoms with Crippen LogP contribution in [0.3, 0.4) is 0 Å². The van der Waals surface area contributed by atoms with Crippen LogP contribution in [-0.4, -0.2) is 66.3 Å². The van der Waals surface area contributed by atoms with Gasteiger partial charge in [0, 0.05) is 46.2 Å². The molecule has 4 rings (SSSR count). The van der Waals surface area contributed by atoms with E-state index in [4.69, 9.17) is 0 Å². The van der Waals surface area contributed by atoms with Gasteiger partial charge in [-0.1, -0.05) is 42.5 Å². The van der Waals surface area contributed by atoms with E-state index in [1.165, 1.54) is 23.3 Å². The average Bonchev–Trinajstić information content (AvgIpc) is 2.81. The summed E-state index contributed by atoms with van der Waals surface area (Å²) >= 11 is 0. The highest BCUT2D eigenvalue weighted by atomic mass is 16.2. The SMILES string of the molecule is CC(=O)NCCC1CCN(C(=O)C[C@@H]2C(=O)NCCN2Cc2cccc3ccccc23)CC1. The molecule has 2 fully saturated rings. The molecule has 2 aromatic carbocycles. The van der Waals surface area contributed by atoms with E-state index < -0.39 is 6.04 Å². The van der Waals surface area contributed by atoms with E-state index in [0.717, 1.165) is 38.9 Å². The summed E-state index contributed by atoms with van der Waals surface area (Å²) in [4.78, 5) is 40.9. The van der Waals surface area contributed by atoms with Crippen LogP contribution in [0.25, 0.3) is 10.8 Å². The van der Waals surface area contributed by atoms with Crippen LogP contribution in [0.15, 0.2) is 42.5 Å². The number of piperazine rings is 1. The zero-order valence-corrected chi connectivity index (χ0v) is 19.4. The number of fused-ring (bicyclic) bond motifs is 1. The highest BCUT2D eigenvalue weighted by Gasteiger charge is 2.34. The summed E-state index contributed by atoms with van der Waals surface area (Å²) in [7, 11) is 0. The Morgan fingerprint density at radius 3 is 2.61 bits per heavy atom. The molecule has 2 aromatic rings. The van der Waals surface area contributed by atoms with E-state index >= 15 is 0 Å². The zero-order chi connectivity index (χ0) is 23.2. The van der Waals surface area contributed by atoms with E-state index in [2.05, 4.69) is 45.9 Å². The lowest BCUT2D eigenvalue weighted by Gasteiger charge is -2.37. The summed E-state index contributed by atoms with van der Waals surface area (Å²) in [6.07, 6.45) is 3.06. The smallest absolute Gasteiger partial charge is 0.237 e. The lowest BCUT2D eigenvalue weighted by Crippen LogP contribution is -2.56. The van der Waals surface area contributed by atoms with Gasteiger partial charge in [0.1, 0.15) is 0 Å². The van der Waals surface area contributed by atoms with Crippen LogP contribution in [0, 0.1) is 5.92 Å². The molecule has 2 N–H and O–H groups in total. The Balaban J connectivity index is 1.36. The molecule has 0 unspecified atom stereocenters. The number of benzene rings is 2. The molecule has 0 aromatic heterocycles. The maximum absolute atomic E-state index is 13.1. The van der Waals surface area contributed by atoms with Crippen LogP contribution in [0.4, 0.5) is 0 Å². The van der Waals surface area contributed by atoms with Crippen LogP contribution < -0.4 is 10.6 Å². The molecule has 7 nitrogen and oxygen atoms in total. The number of carbonyl (C=O) groups excluding carboxylic acids is 3. The number of amides is 3. The van der Waals surface area contributed by atoms with Gasteiger partial charge in [-0.15, -0.1) is 0 Å². The highest BCUT2D eigenvalue weighted by Crippen LogP contribution is 2.24. The second-order valence-corrected chi connectivity index (χ2v) is 9.22. The topological polar surface area (TPSA) is 81.8 Å². The van der Waals surface area contributed by atoms with Gasteiger partial charge in [-0.3, -0.25) is 19.3 Å². The lowest BCUT2D eigenvalue weighted by molar-refractivity contribution is -0.140. The number of piperidine rings is 1. The minimum atomic E-state index is -0.442. The molecule has 0 spiro atoms. The number of nitrogens with one attached hydrogen (secondary N) is 2. The first-order valence-corrected chi connectivity index (χ1v) is 12.0. The van der Waals surface area contributed by atoms with Gasteiger partial charge < -0.3 is 15.5 Å². The molecule has 0 bridgehead atoms. The van der Waals surface area contributed by atoms with Crippen LogP contribution in [0.2, 0.25) is 0 Å². The van der Waals surface area contributed by atoms with Crippen molar-refractivity contribution in [1.82, 2.24) is 20.4 Å². The fraction of sp³-hybridized carbons (Fsp3) is 0.500. The molecular formula is C26H34N4O3. The number of hydrogen-bond acceptors (Lipinski definition) is 4. The monoisotopic (exact) mass is 450 g/mol. The predicted molar refractivity (Wildman–Crippen MR) is 128 cm³/mol. The molecule has 0 aliphatic carbocycles. The first-order chi connectivity index (χ1) is 16.0. The molecular weight excluding hydrogens is 416 g/mol. The Morgan fingerprint density at radius 1 is 1.06 bits per heavy atom. The molecule has 0 radical (unpaired) electrons. The zero-order valence-electron chi connectivity index (χ0n) is 19.4. The Morgan fingerprint density at radius 2 is 1.82 bits per heavy atom. The normalized spacial score (nSPS) is 20.0. The average molecular weight is 451 g/mol. The van der Waals surface area contributed by atoms with Gasteiger partial charge >= 0.3 is 0 Å². The summed E-state index contributed by atoms with van der Waals surface area (Å²) in [5.41, 5.74) is 1.18. The molecule has 176 valence electrons. The van der Waals surface area contributed by atoms with Gasteiger partial charge in [0.15, 0.2) is 0 Å². The Kier molecular flexibility index (Phi) is 7.60. The minimum Gasteiger partial charge on any atom is -0.356 e. The van der Waals surface area contributed by atoms with Crippen molar-refractivity contribution < 1.29 is 14.4 Å². The van der Waals surface area contributed by atoms with Crippen molar-refractivity contribution in [3.05, 3.63) is 48.0 Å². The van der Waals surface area contributed by atoms with Crippen LogP contribution >= 0.6 is 0 Å². The molecule has 2 aliphatic heterocycles. The molecule has 7 heteroatoms. The first-order valence-electron chi connectivity index (χ1n) is 12.0. The van der Waals surface area contributed by atoms with Gasteiger partial charge in [0.2, 0.25) is 17.7 Å². The fourth-order valence-corrected chi connectivity index (χ4v) is 5.04. The second kappa shape index (κ2) is 10.8. The van der Waals surface area contributed by atoms with Crippen molar-refractivity contribution in [2.24, 2.45) is 5.92 Å². The fourth-order valence-electron chi connectivity index (χ4n) is 5.04. The first kappa shape index (κ1) is 23.2. The molecule has 2 aliphatic rings. The van der Waals surface area contributed by atoms with Crippen molar-refractivity contribution in [2.75, 3.05) is 32.7 Å². The van der Waals surface area contributed by atoms with Crippen molar-refractivity contribution in [3.63, 3.8) is 0 Å². The Labute approximate surface area is 195 Å². The van der Waals surface area contributed by atoms with Gasteiger partial charge in [-0.05, 0) is 41.5 Å². The number of carbonyl (C=O) groups is 3. The molecule has 1 atom stereocenters. The van der Waals surface area contributed by atoms with Crippen molar-refractivity contribution >= 4 is 28.5 Å². The number of hydrogen-bond donors (Lipinski definition) is 2. The molecule has 2 saturated heterocycles. The van der Waals surface area contributed by atoms with Crippen molar-refractivity contribution in [1.29, 1.82) is 0 Å². The Bertz CT molecular complexity index is 995. The van der Waals surface area contributed by atoms with Crippen molar-refractivity contribution in [3.8, 4) is 0 Å². The number of nitrogens with zero attached hydrogens (tertiary/aromatic N) is 2. The van der Waals surface area contributed by atoms with Gasteiger partial charge in [0.05, 0.1) is 12.5 Å². The largest absolute Gasteiger partial charge is 0.356 e. The molecule has 0 saturated carbocycles. The molecule has 3 amide bonds. The van der Waals surface area contributed by atoms with E-state index in [-0.39, 0.29) is 24.1 Å². The van der Waals surface area contributed by atoms with Crippen LogP contribution in [0.1, 0.15) is 38.2 Å². The van der Waals surface area contributed by atoms with E-state index in [9.17, 15) is 14.4 Å². The lowest BCUT2D eigenvalue weighted by atomic mass is 9.93. The minimum absolute atomic E-state index is 0.00132. The van der Waals surface area contributed by atoms with Crippen molar-refractivity contribution in [2.45, 2.75) is 45.2 Å². The van der Waals surface area contributed by atoms with Gasteiger partial charge in [-0.2, -0.15) is 0 Å². The third-order valence-electron chi connectivity index (χ3n) is 6.96. The maximum atomic E-state index is 13.1. The summed E-state index contributed by atoms with van der Waals surface area (Å²) in [6.45, 7) is 5.66. The van der Waals surface area contributed by atoms with E-state index in [1.54, 1.807) is 0 Å². The molecule has 2 heterocycles. The third-order valence-corrected chi connectivity index (χ3v) is 6.96. The van der Waals surface area contributed by atoms with Gasteiger partial charge in [-0.25, -0.2) is 0 Å². The highest BCUT2D eigenvalue weighted by molar-refractivity contribution is 5.89. The predicted octanol–water partition coefficient (Wildman–Crippen LogP) is 2.30. The summed E-state index contributed by atoms with van der Waals surface area (Å²) in [5, 5.41) is 8.18. The van der Waals surface area contributed by atoms with Crippen LogP contribution in [0.5, 0.6) is 0 Å². The second-order valence-electron chi connectivity index (χ2n) is 9.22. The maximum Gasteiger partial charge on any atom is 0.237 e. The third kappa shape index (κ3) is 5.90. The van der Waals surface area contributed by atoms with E-state index in [1.807, 2.05) is 17.0 Å². The number of likely N-dealkylation sites (tertiary alicyclic amines) is 1. The van der Waals surface area contributed by atoms with Crippen LogP contribution in [-0.2, 0) is 20.9 Å². The number of rotatable bonds is 7. The molecule has 33 heavy (non-hydrogen) atoms.